The predicted octanol–water partition coefficient (Wildman–Crippen LogP) is 2.70. The number of benzene rings is 2. The standard InChI is InChI=1S/C17H19NO5S/c1-4-18(13-6-8-14(19)9-7-13)24(21,22)16-10-5-12(2)11-15(16)17(20)23-3/h5-11,19H,4H2,1-3H3. The fourth-order valence-corrected chi connectivity index (χ4v) is 4.00. The molecule has 0 saturated heterocycles. The molecule has 0 aliphatic heterocycles. The number of phenols is 1. The molecule has 0 saturated carbocycles. The van der Waals surface area contributed by atoms with Crippen molar-refractivity contribution in [2.45, 2.75) is 18.7 Å². The Balaban J connectivity index is 2.60. The molecule has 0 bridgehead atoms. The number of esters is 1. The monoisotopic (exact) mass is 349 g/mol. The minimum atomic E-state index is -3.97. The Morgan fingerprint density at radius 1 is 1.17 bits per heavy atom. The molecule has 2 aromatic rings. The summed E-state index contributed by atoms with van der Waals surface area (Å²) < 4.78 is 32.0. The summed E-state index contributed by atoms with van der Waals surface area (Å²) in [4.78, 5) is 11.9. The lowest BCUT2D eigenvalue weighted by molar-refractivity contribution is 0.0596. The molecule has 24 heavy (non-hydrogen) atoms. The minimum absolute atomic E-state index is 0.00488. The third kappa shape index (κ3) is 3.35. The number of hydrogen-bond acceptors (Lipinski definition) is 5. The van der Waals surface area contributed by atoms with Gasteiger partial charge in [-0.1, -0.05) is 11.6 Å². The van der Waals surface area contributed by atoms with Crippen LogP contribution in [-0.2, 0) is 14.8 Å². The van der Waals surface area contributed by atoms with Crippen LogP contribution in [0.2, 0.25) is 0 Å². The maximum absolute atomic E-state index is 13.1. The van der Waals surface area contributed by atoms with E-state index in [9.17, 15) is 18.3 Å². The van der Waals surface area contributed by atoms with Crippen molar-refractivity contribution in [2.75, 3.05) is 18.0 Å². The van der Waals surface area contributed by atoms with Crippen molar-refractivity contribution in [3.63, 3.8) is 0 Å². The number of hydrogen-bond donors (Lipinski definition) is 1. The Morgan fingerprint density at radius 2 is 1.79 bits per heavy atom. The third-order valence-electron chi connectivity index (χ3n) is 3.53. The maximum atomic E-state index is 13.1. The maximum Gasteiger partial charge on any atom is 0.339 e. The van der Waals surface area contributed by atoms with Crippen LogP contribution in [0.3, 0.4) is 0 Å². The highest BCUT2D eigenvalue weighted by molar-refractivity contribution is 7.93. The summed E-state index contributed by atoms with van der Waals surface area (Å²) >= 11 is 0. The summed E-state index contributed by atoms with van der Waals surface area (Å²) in [5.41, 5.74) is 1.14. The summed E-state index contributed by atoms with van der Waals surface area (Å²) in [6.45, 7) is 3.62. The summed E-state index contributed by atoms with van der Waals surface area (Å²) in [6, 6.07) is 10.3. The van der Waals surface area contributed by atoms with Gasteiger partial charge in [-0.2, -0.15) is 0 Å². The van der Waals surface area contributed by atoms with Crippen LogP contribution in [0.5, 0.6) is 5.75 Å². The first-order valence-electron chi connectivity index (χ1n) is 7.32. The van der Waals surface area contributed by atoms with Crippen molar-refractivity contribution in [1.82, 2.24) is 0 Å². The van der Waals surface area contributed by atoms with Crippen LogP contribution in [0.25, 0.3) is 0 Å². The molecule has 0 unspecified atom stereocenters. The number of carbonyl (C=O) groups excluding carboxylic acids is 1. The van der Waals surface area contributed by atoms with E-state index in [1.54, 1.807) is 19.9 Å². The van der Waals surface area contributed by atoms with Gasteiger partial charge >= 0.3 is 5.97 Å². The normalized spacial score (nSPS) is 11.1. The Kier molecular flexibility index (Phi) is 5.14. The van der Waals surface area contributed by atoms with E-state index in [-0.39, 0.29) is 22.8 Å². The van der Waals surface area contributed by atoms with Gasteiger partial charge in [-0.15, -0.1) is 0 Å². The molecular formula is C17H19NO5S. The Morgan fingerprint density at radius 3 is 2.33 bits per heavy atom. The molecule has 2 aromatic carbocycles. The average Bonchev–Trinajstić information content (AvgIpc) is 2.56. The van der Waals surface area contributed by atoms with Crippen LogP contribution in [0.15, 0.2) is 47.4 Å². The molecule has 0 aliphatic rings. The number of carbonyl (C=O) groups is 1. The Bertz CT molecular complexity index is 844. The number of sulfonamides is 1. The number of aromatic hydroxyl groups is 1. The lowest BCUT2D eigenvalue weighted by atomic mass is 10.1. The van der Waals surface area contributed by atoms with Gasteiger partial charge in [0.05, 0.1) is 18.4 Å². The minimum Gasteiger partial charge on any atom is -0.508 e. The summed E-state index contributed by atoms with van der Waals surface area (Å²) in [5, 5.41) is 9.38. The van der Waals surface area contributed by atoms with Crippen LogP contribution in [0, 0.1) is 6.92 Å². The molecule has 0 amide bonds. The zero-order valence-corrected chi connectivity index (χ0v) is 14.5. The molecule has 1 N–H and O–H groups in total. The second-order valence-corrected chi connectivity index (χ2v) is 7.01. The molecule has 0 radical (unpaired) electrons. The smallest absolute Gasteiger partial charge is 0.339 e. The van der Waals surface area contributed by atoms with Gasteiger partial charge in [0.25, 0.3) is 10.0 Å². The number of methoxy groups -OCH3 is 1. The van der Waals surface area contributed by atoms with E-state index >= 15 is 0 Å². The van der Waals surface area contributed by atoms with Crippen molar-refractivity contribution >= 4 is 21.7 Å². The van der Waals surface area contributed by atoms with Crippen molar-refractivity contribution in [1.29, 1.82) is 0 Å². The van der Waals surface area contributed by atoms with Gasteiger partial charge in [0.2, 0.25) is 0 Å². The molecule has 6 nitrogen and oxygen atoms in total. The van der Waals surface area contributed by atoms with Crippen molar-refractivity contribution in [3.8, 4) is 5.75 Å². The van der Waals surface area contributed by atoms with Gasteiger partial charge in [-0.05, 0) is 50.2 Å². The van der Waals surface area contributed by atoms with Gasteiger partial charge in [0.1, 0.15) is 10.6 Å². The Hall–Kier alpha value is -2.54. The number of rotatable bonds is 5. The van der Waals surface area contributed by atoms with Gasteiger partial charge in [-0.3, -0.25) is 4.31 Å². The highest BCUT2D eigenvalue weighted by Gasteiger charge is 2.29. The number of nitrogens with zero attached hydrogens (tertiary/aromatic N) is 1. The molecule has 128 valence electrons. The van der Waals surface area contributed by atoms with E-state index in [4.69, 9.17) is 4.74 Å². The van der Waals surface area contributed by atoms with Gasteiger partial charge < -0.3 is 9.84 Å². The van der Waals surface area contributed by atoms with E-state index in [1.165, 1.54) is 47.8 Å². The lowest BCUT2D eigenvalue weighted by Crippen LogP contribution is -2.32. The average molecular weight is 349 g/mol. The second kappa shape index (κ2) is 6.92. The van der Waals surface area contributed by atoms with Crippen LogP contribution < -0.4 is 4.31 Å². The van der Waals surface area contributed by atoms with Crippen molar-refractivity contribution in [3.05, 3.63) is 53.6 Å². The highest BCUT2D eigenvalue weighted by atomic mass is 32.2. The van der Waals surface area contributed by atoms with E-state index in [0.29, 0.717) is 5.69 Å². The quantitative estimate of drug-likeness (QED) is 0.839. The predicted molar refractivity (Wildman–Crippen MR) is 90.8 cm³/mol. The molecule has 0 aromatic heterocycles. The first kappa shape index (κ1) is 17.8. The molecule has 0 spiro atoms. The number of phenolic OH excluding ortho intramolecular Hbond substituents is 1. The van der Waals surface area contributed by atoms with Gasteiger partial charge in [0.15, 0.2) is 0 Å². The van der Waals surface area contributed by atoms with Crippen molar-refractivity contribution < 1.29 is 23.1 Å². The first-order valence-corrected chi connectivity index (χ1v) is 8.76. The van der Waals surface area contributed by atoms with Gasteiger partial charge in [0, 0.05) is 6.54 Å². The zero-order valence-electron chi connectivity index (χ0n) is 13.7. The molecular weight excluding hydrogens is 330 g/mol. The van der Waals surface area contributed by atoms with Crippen LogP contribution in [0.1, 0.15) is 22.8 Å². The lowest BCUT2D eigenvalue weighted by Gasteiger charge is -2.24. The van der Waals surface area contributed by atoms with Crippen LogP contribution >= 0.6 is 0 Å². The highest BCUT2D eigenvalue weighted by Crippen LogP contribution is 2.28. The summed E-state index contributed by atoms with van der Waals surface area (Å²) in [6.07, 6.45) is 0. The second-order valence-electron chi connectivity index (χ2n) is 5.18. The molecule has 2 rings (SSSR count). The number of anilines is 1. The molecule has 0 heterocycles. The topological polar surface area (TPSA) is 83.9 Å². The first-order chi connectivity index (χ1) is 11.3. The zero-order chi connectivity index (χ0) is 17.9. The SMILES string of the molecule is CCN(c1ccc(O)cc1)S(=O)(=O)c1ccc(C)cc1C(=O)OC. The summed E-state index contributed by atoms with van der Waals surface area (Å²) in [7, 11) is -2.76. The molecule has 7 heteroatoms. The molecule has 0 aliphatic carbocycles. The molecule has 0 fully saturated rings. The van der Waals surface area contributed by atoms with E-state index < -0.39 is 16.0 Å². The van der Waals surface area contributed by atoms with Crippen LogP contribution in [0.4, 0.5) is 5.69 Å². The number of aryl methyl sites for hydroxylation is 1. The van der Waals surface area contributed by atoms with E-state index in [0.717, 1.165) is 5.56 Å². The number of ether oxygens (including phenoxy) is 1. The summed E-state index contributed by atoms with van der Waals surface area (Å²) in [5.74, 6) is -0.670. The largest absolute Gasteiger partial charge is 0.508 e. The van der Waals surface area contributed by atoms with Crippen LogP contribution in [-0.4, -0.2) is 33.1 Å². The Labute approximate surface area is 141 Å². The van der Waals surface area contributed by atoms with Crippen molar-refractivity contribution in [2.24, 2.45) is 0 Å². The van der Waals surface area contributed by atoms with E-state index in [1.807, 2.05) is 0 Å². The fraction of sp³-hybridized carbons (Fsp3) is 0.235. The van der Waals surface area contributed by atoms with Gasteiger partial charge in [-0.25, -0.2) is 13.2 Å². The fourth-order valence-electron chi connectivity index (χ4n) is 2.37. The molecule has 0 atom stereocenters. The van der Waals surface area contributed by atoms with E-state index in [2.05, 4.69) is 0 Å². The third-order valence-corrected chi connectivity index (χ3v) is 5.49.